The highest BCUT2D eigenvalue weighted by Gasteiger charge is 2.48. The van der Waals surface area contributed by atoms with Gasteiger partial charge in [0.05, 0.1) is 13.1 Å². The van der Waals surface area contributed by atoms with Crippen LogP contribution in [0.1, 0.15) is 39.0 Å². The molecule has 0 aromatic rings. The van der Waals surface area contributed by atoms with Crippen LogP contribution in [-0.2, 0) is 0 Å². The number of nitrogens with zero attached hydrogens (tertiary/aromatic N) is 3. The summed E-state index contributed by atoms with van der Waals surface area (Å²) in [6.07, 6.45) is 5.24. The molecular formula is C13H25N3O2. The molecule has 2 heterocycles. The van der Waals surface area contributed by atoms with Gasteiger partial charge in [-0.05, 0) is 32.9 Å². The van der Waals surface area contributed by atoms with E-state index in [0.717, 1.165) is 19.5 Å². The minimum atomic E-state index is -0.754. The van der Waals surface area contributed by atoms with E-state index in [1.54, 1.807) is 0 Å². The fraction of sp³-hybridized carbons (Fsp3) is 1.00. The lowest BCUT2D eigenvalue weighted by atomic mass is 9.92. The van der Waals surface area contributed by atoms with Gasteiger partial charge >= 0.3 is 0 Å². The average molecular weight is 255 g/mol. The van der Waals surface area contributed by atoms with Gasteiger partial charge in [0.15, 0.2) is 0 Å². The Morgan fingerprint density at radius 1 is 1.39 bits per heavy atom. The van der Waals surface area contributed by atoms with Crippen LogP contribution in [-0.4, -0.2) is 59.5 Å². The van der Waals surface area contributed by atoms with Gasteiger partial charge in [-0.15, -0.1) is 0 Å². The number of nitro groups is 1. The van der Waals surface area contributed by atoms with E-state index in [9.17, 15) is 10.1 Å². The fourth-order valence-corrected chi connectivity index (χ4v) is 3.66. The Bertz CT molecular complexity index is 311. The van der Waals surface area contributed by atoms with E-state index >= 15 is 0 Å². The predicted molar refractivity (Wildman–Crippen MR) is 71.3 cm³/mol. The van der Waals surface area contributed by atoms with Gasteiger partial charge < -0.3 is 0 Å². The molecule has 0 N–H and O–H groups in total. The SMILES string of the molecule is CCCC1([N+](=O)[O-])CN(C)CC2CCCCN2C1. The van der Waals surface area contributed by atoms with Crippen LogP contribution in [0.5, 0.6) is 0 Å². The Balaban J connectivity index is 2.21. The molecule has 2 saturated heterocycles. The van der Waals surface area contributed by atoms with Crippen LogP contribution in [0.15, 0.2) is 0 Å². The fourth-order valence-electron chi connectivity index (χ4n) is 3.66. The summed E-state index contributed by atoms with van der Waals surface area (Å²) in [4.78, 5) is 16.1. The van der Waals surface area contributed by atoms with Crippen LogP contribution < -0.4 is 0 Å². The van der Waals surface area contributed by atoms with Gasteiger partial charge in [-0.25, -0.2) is 0 Å². The molecule has 104 valence electrons. The normalized spacial score (nSPS) is 34.9. The maximum atomic E-state index is 11.6. The maximum Gasteiger partial charge on any atom is 0.247 e. The van der Waals surface area contributed by atoms with Crippen molar-refractivity contribution in [3.05, 3.63) is 10.1 Å². The summed E-state index contributed by atoms with van der Waals surface area (Å²) in [7, 11) is 2.03. The molecule has 5 nitrogen and oxygen atoms in total. The average Bonchev–Trinajstić information content (AvgIpc) is 2.45. The molecule has 18 heavy (non-hydrogen) atoms. The third kappa shape index (κ3) is 2.67. The van der Waals surface area contributed by atoms with Crippen molar-refractivity contribution in [2.45, 2.75) is 50.6 Å². The predicted octanol–water partition coefficient (Wildman–Crippen LogP) is 1.60. The maximum absolute atomic E-state index is 11.6. The second-order valence-corrected chi connectivity index (χ2v) is 6.05. The van der Waals surface area contributed by atoms with Crippen LogP contribution in [0, 0.1) is 10.1 Å². The number of rotatable bonds is 3. The van der Waals surface area contributed by atoms with Crippen molar-refractivity contribution < 1.29 is 4.92 Å². The van der Waals surface area contributed by atoms with Gasteiger partial charge in [-0.1, -0.05) is 13.3 Å². The largest absolute Gasteiger partial charge is 0.298 e. The molecule has 0 saturated carbocycles. The molecule has 0 amide bonds. The number of hydrogen-bond donors (Lipinski definition) is 0. The molecule has 0 spiro atoms. The van der Waals surface area contributed by atoms with Crippen LogP contribution >= 0.6 is 0 Å². The zero-order valence-electron chi connectivity index (χ0n) is 11.6. The van der Waals surface area contributed by atoms with E-state index in [2.05, 4.69) is 9.80 Å². The Kier molecular flexibility index (Phi) is 4.22. The second kappa shape index (κ2) is 5.53. The van der Waals surface area contributed by atoms with Gasteiger partial charge in [-0.3, -0.25) is 19.9 Å². The summed E-state index contributed by atoms with van der Waals surface area (Å²) in [5.41, 5.74) is -0.754. The van der Waals surface area contributed by atoms with Crippen LogP contribution in [0.4, 0.5) is 0 Å². The molecule has 0 aromatic carbocycles. The van der Waals surface area contributed by atoms with Crippen molar-refractivity contribution in [1.82, 2.24) is 9.80 Å². The Hall–Kier alpha value is -0.680. The zero-order valence-corrected chi connectivity index (χ0v) is 11.6. The molecule has 2 aliphatic heterocycles. The number of likely N-dealkylation sites (N-methyl/N-ethyl adjacent to an activating group) is 1. The van der Waals surface area contributed by atoms with Gasteiger partial charge in [-0.2, -0.15) is 0 Å². The third-order valence-electron chi connectivity index (χ3n) is 4.44. The van der Waals surface area contributed by atoms with E-state index in [-0.39, 0.29) is 4.92 Å². The van der Waals surface area contributed by atoms with Gasteiger partial charge in [0, 0.05) is 23.9 Å². The summed E-state index contributed by atoms with van der Waals surface area (Å²) in [5.74, 6) is 0. The Morgan fingerprint density at radius 3 is 2.83 bits per heavy atom. The molecule has 0 radical (unpaired) electrons. The van der Waals surface area contributed by atoms with Gasteiger partial charge in [0.25, 0.3) is 0 Å². The van der Waals surface area contributed by atoms with Crippen molar-refractivity contribution in [3.8, 4) is 0 Å². The summed E-state index contributed by atoms with van der Waals surface area (Å²) in [6, 6.07) is 0.530. The minimum Gasteiger partial charge on any atom is -0.298 e. The molecule has 0 bridgehead atoms. The number of hydrogen-bond acceptors (Lipinski definition) is 4. The molecule has 2 fully saturated rings. The molecular weight excluding hydrogens is 230 g/mol. The molecule has 2 unspecified atom stereocenters. The lowest BCUT2D eigenvalue weighted by molar-refractivity contribution is -0.571. The topological polar surface area (TPSA) is 49.6 Å². The highest BCUT2D eigenvalue weighted by atomic mass is 16.6. The first-order valence-electron chi connectivity index (χ1n) is 7.14. The lowest BCUT2D eigenvalue weighted by Crippen LogP contribution is -2.53. The van der Waals surface area contributed by atoms with Gasteiger partial charge in [0.2, 0.25) is 5.54 Å². The summed E-state index contributed by atoms with van der Waals surface area (Å²) < 4.78 is 0. The third-order valence-corrected chi connectivity index (χ3v) is 4.44. The molecule has 2 atom stereocenters. The Labute approximate surface area is 109 Å². The van der Waals surface area contributed by atoms with E-state index in [1.165, 1.54) is 19.3 Å². The van der Waals surface area contributed by atoms with E-state index < -0.39 is 5.54 Å². The number of piperidine rings is 1. The smallest absolute Gasteiger partial charge is 0.247 e. The molecule has 0 aliphatic carbocycles. The van der Waals surface area contributed by atoms with Crippen molar-refractivity contribution in [2.75, 3.05) is 33.2 Å². The first-order chi connectivity index (χ1) is 8.57. The lowest BCUT2D eigenvalue weighted by Gasteiger charge is -2.36. The van der Waals surface area contributed by atoms with Crippen LogP contribution in [0.2, 0.25) is 0 Å². The molecule has 2 rings (SSSR count). The van der Waals surface area contributed by atoms with Crippen molar-refractivity contribution in [3.63, 3.8) is 0 Å². The summed E-state index contributed by atoms with van der Waals surface area (Å²) >= 11 is 0. The first kappa shape index (κ1) is 13.7. The van der Waals surface area contributed by atoms with Crippen LogP contribution in [0.25, 0.3) is 0 Å². The standard InChI is InChI=1S/C13H25N3O2/c1-3-7-13(16(17)18)10-14(2)9-12-6-4-5-8-15(12)11-13/h12H,3-11H2,1-2H3. The number of fused-ring (bicyclic) bond motifs is 1. The van der Waals surface area contributed by atoms with Crippen molar-refractivity contribution in [1.29, 1.82) is 0 Å². The van der Waals surface area contributed by atoms with Gasteiger partial charge in [0.1, 0.15) is 0 Å². The monoisotopic (exact) mass is 255 g/mol. The van der Waals surface area contributed by atoms with Crippen LogP contribution in [0.3, 0.4) is 0 Å². The quantitative estimate of drug-likeness (QED) is 0.568. The van der Waals surface area contributed by atoms with E-state index in [0.29, 0.717) is 25.6 Å². The Morgan fingerprint density at radius 2 is 2.17 bits per heavy atom. The van der Waals surface area contributed by atoms with Crippen molar-refractivity contribution in [2.24, 2.45) is 0 Å². The first-order valence-corrected chi connectivity index (χ1v) is 7.14. The summed E-state index contributed by atoms with van der Waals surface area (Å²) in [5, 5.41) is 11.6. The minimum absolute atomic E-state index is 0.00993. The zero-order chi connectivity index (χ0) is 13.2. The van der Waals surface area contributed by atoms with Crippen molar-refractivity contribution >= 4 is 0 Å². The molecule has 0 aromatic heterocycles. The van der Waals surface area contributed by atoms with E-state index in [1.807, 2.05) is 14.0 Å². The summed E-state index contributed by atoms with van der Waals surface area (Å²) in [6.45, 7) is 5.31. The van der Waals surface area contributed by atoms with E-state index in [4.69, 9.17) is 0 Å². The molecule has 2 aliphatic rings. The highest BCUT2D eigenvalue weighted by Crippen LogP contribution is 2.28. The highest BCUT2D eigenvalue weighted by molar-refractivity contribution is 4.94. The second-order valence-electron chi connectivity index (χ2n) is 6.05. The molecule has 5 heteroatoms.